The van der Waals surface area contributed by atoms with Crippen LogP contribution in [-0.2, 0) is 28.5 Å². The van der Waals surface area contributed by atoms with Gasteiger partial charge in [0.2, 0.25) is 5.91 Å². The van der Waals surface area contributed by atoms with Gasteiger partial charge in [-0.05, 0) is 33.1 Å². The summed E-state index contributed by atoms with van der Waals surface area (Å²) < 4.78 is 23.4. The van der Waals surface area contributed by atoms with Gasteiger partial charge in [-0.2, -0.15) is 0 Å². The number of esters is 1. The number of unbranched alkanes of at least 4 members (excludes halogenated alkanes) is 18. The van der Waals surface area contributed by atoms with Gasteiger partial charge in [0.1, 0.15) is 18.3 Å². The van der Waals surface area contributed by atoms with Crippen LogP contribution in [0.4, 0.5) is 0 Å². The van der Waals surface area contributed by atoms with Gasteiger partial charge in [0.25, 0.3) is 0 Å². The Bertz CT molecular complexity index is 761. The maximum Gasteiger partial charge on any atom is 0.306 e. The first kappa shape index (κ1) is 39.0. The molecule has 2 rings (SSSR count). The minimum absolute atomic E-state index is 0.0945. The summed E-state index contributed by atoms with van der Waals surface area (Å²) in [6.45, 7) is 7.85. The largest absolute Gasteiger partial charge is 0.462 e. The van der Waals surface area contributed by atoms with Crippen molar-refractivity contribution in [3.05, 3.63) is 0 Å². The quantitative estimate of drug-likeness (QED) is 0.0700. The second-order valence-electron chi connectivity index (χ2n) is 13.6. The fourth-order valence-electron chi connectivity index (χ4n) is 6.42. The molecule has 1 amide bonds. The lowest BCUT2D eigenvalue weighted by atomic mass is 10.0. The third-order valence-corrected chi connectivity index (χ3v) is 8.98. The van der Waals surface area contributed by atoms with E-state index in [2.05, 4.69) is 19.2 Å². The second-order valence-corrected chi connectivity index (χ2v) is 13.6. The Kier molecular flexibility index (Phi) is 20.5. The maximum absolute atomic E-state index is 13.2. The molecule has 2 aliphatic heterocycles. The smallest absolute Gasteiger partial charge is 0.306 e. The molecule has 0 radical (unpaired) electrons. The number of hydrogen-bond acceptors (Lipinski definition) is 7. The normalized spacial score (nSPS) is 23.0. The van der Waals surface area contributed by atoms with Gasteiger partial charge in [-0.1, -0.05) is 129 Å². The monoisotopic (exact) mass is 625 g/mol. The lowest BCUT2D eigenvalue weighted by Crippen LogP contribution is -2.50. The molecule has 8 heteroatoms. The van der Waals surface area contributed by atoms with Gasteiger partial charge in [0.15, 0.2) is 12.1 Å². The molecule has 0 aromatic heterocycles. The summed E-state index contributed by atoms with van der Waals surface area (Å²) in [5.41, 5.74) is 0. The van der Waals surface area contributed by atoms with E-state index in [1.807, 2.05) is 0 Å². The zero-order valence-corrected chi connectivity index (χ0v) is 28.8. The molecule has 2 fully saturated rings. The van der Waals surface area contributed by atoms with E-state index in [4.69, 9.17) is 18.9 Å². The van der Waals surface area contributed by atoms with E-state index in [9.17, 15) is 14.7 Å². The van der Waals surface area contributed by atoms with Crippen LogP contribution in [0.15, 0.2) is 0 Å². The van der Waals surface area contributed by atoms with Crippen LogP contribution < -0.4 is 5.32 Å². The molecule has 1 unspecified atom stereocenters. The van der Waals surface area contributed by atoms with E-state index in [-0.39, 0.29) is 24.9 Å². The standard InChI is InChI=1S/C36H67NO7/c1-5-7-9-11-13-15-16-18-20-22-24-26-32(40)41-29(25-23-21-19-17-14-12-10-8-6-2)27-31(39)37-33-30(28-38)42-35-34(33)43-36(3,4)44-35/h29-30,33-35,38H,5-28H2,1-4H3,(H,37,39)/t29?,30-,33-,34-,35-/m1/s1. The molecule has 2 aliphatic rings. The predicted octanol–water partition coefficient (Wildman–Crippen LogP) is 8.26. The van der Waals surface area contributed by atoms with Crippen molar-refractivity contribution in [3.63, 3.8) is 0 Å². The minimum atomic E-state index is -0.818. The zero-order valence-electron chi connectivity index (χ0n) is 28.8. The SMILES string of the molecule is CCCCCCCCCCCCCC(=O)OC(CCCCCCCCCCC)CC(=O)N[C@H]1[C@H]2OC(C)(C)O[C@H]2O[C@@H]1CO. The first-order chi connectivity index (χ1) is 21.3. The van der Waals surface area contributed by atoms with Gasteiger partial charge in [0, 0.05) is 6.42 Å². The molecule has 0 spiro atoms. The molecule has 0 aliphatic carbocycles. The van der Waals surface area contributed by atoms with E-state index in [0.29, 0.717) is 12.8 Å². The van der Waals surface area contributed by atoms with E-state index in [1.54, 1.807) is 13.8 Å². The Morgan fingerprint density at radius 3 is 1.77 bits per heavy atom. The van der Waals surface area contributed by atoms with Crippen molar-refractivity contribution in [2.24, 2.45) is 0 Å². The zero-order chi connectivity index (χ0) is 32.0. The van der Waals surface area contributed by atoms with Gasteiger partial charge in [-0.25, -0.2) is 0 Å². The summed E-state index contributed by atoms with van der Waals surface area (Å²) in [6, 6.07) is -0.528. The number of rotatable bonds is 27. The molecule has 0 saturated carbocycles. The highest BCUT2D eigenvalue weighted by molar-refractivity contribution is 5.77. The number of hydrogen-bond donors (Lipinski definition) is 2. The summed E-state index contributed by atoms with van der Waals surface area (Å²) in [6.07, 6.45) is 23.5. The molecule has 2 heterocycles. The number of aliphatic hydroxyl groups is 1. The van der Waals surface area contributed by atoms with Crippen molar-refractivity contribution in [3.8, 4) is 0 Å². The summed E-state index contributed by atoms with van der Waals surface area (Å²) in [7, 11) is 0. The molecular weight excluding hydrogens is 558 g/mol. The molecule has 258 valence electrons. The summed E-state index contributed by atoms with van der Waals surface area (Å²) in [5, 5.41) is 12.8. The van der Waals surface area contributed by atoms with Crippen molar-refractivity contribution in [1.82, 2.24) is 5.32 Å². The summed E-state index contributed by atoms with van der Waals surface area (Å²) >= 11 is 0. The molecule has 8 nitrogen and oxygen atoms in total. The van der Waals surface area contributed by atoms with Crippen LogP contribution in [0.5, 0.6) is 0 Å². The Morgan fingerprint density at radius 1 is 0.750 bits per heavy atom. The molecular formula is C36H67NO7. The van der Waals surface area contributed by atoms with E-state index in [1.165, 1.54) is 96.3 Å². The van der Waals surface area contributed by atoms with E-state index in [0.717, 1.165) is 32.1 Å². The number of aliphatic hydroxyl groups excluding tert-OH is 1. The molecule has 0 aromatic rings. The average molecular weight is 626 g/mol. The van der Waals surface area contributed by atoms with Crippen LogP contribution in [0, 0.1) is 0 Å². The van der Waals surface area contributed by atoms with Crippen LogP contribution in [0.3, 0.4) is 0 Å². The van der Waals surface area contributed by atoms with Crippen LogP contribution >= 0.6 is 0 Å². The van der Waals surface area contributed by atoms with Gasteiger partial charge in [-0.15, -0.1) is 0 Å². The van der Waals surface area contributed by atoms with E-state index < -0.39 is 36.4 Å². The van der Waals surface area contributed by atoms with Crippen molar-refractivity contribution in [1.29, 1.82) is 0 Å². The Morgan fingerprint density at radius 2 is 1.25 bits per heavy atom. The molecule has 44 heavy (non-hydrogen) atoms. The number of nitrogens with one attached hydrogen (secondary N) is 1. The number of ether oxygens (including phenoxy) is 4. The Labute approximate surface area is 269 Å². The van der Waals surface area contributed by atoms with Crippen molar-refractivity contribution in [2.75, 3.05) is 6.61 Å². The lowest BCUT2D eigenvalue weighted by molar-refractivity contribution is -0.210. The summed E-state index contributed by atoms with van der Waals surface area (Å²) in [4.78, 5) is 26.0. The number of carbonyl (C=O) groups excluding carboxylic acids is 2. The van der Waals surface area contributed by atoms with Crippen LogP contribution in [0.25, 0.3) is 0 Å². The molecule has 0 aromatic carbocycles. The number of carbonyl (C=O) groups is 2. The fourth-order valence-corrected chi connectivity index (χ4v) is 6.42. The van der Waals surface area contributed by atoms with Crippen molar-refractivity contribution >= 4 is 11.9 Å². The topological polar surface area (TPSA) is 103 Å². The maximum atomic E-state index is 13.2. The fraction of sp³-hybridized carbons (Fsp3) is 0.944. The Hall–Kier alpha value is -1.22. The molecule has 5 atom stereocenters. The second kappa shape index (κ2) is 23.2. The third-order valence-electron chi connectivity index (χ3n) is 8.98. The van der Waals surface area contributed by atoms with Crippen LogP contribution in [0.1, 0.15) is 175 Å². The number of fused-ring (bicyclic) bond motifs is 1. The van der Waals surface area contributed by atoms with E-state index >= 15 is 0 Å². The van der Waals surface area contributed by atoms with Crippen molar-refractivity contribution < 1.29 is 33.6 Å². The highest BCUT2D eigenvalue weighted by Crippen LogP contribution is 2.37. The van der Waals surface area contributed by atoms with Crippen molar-refractivity contribution in [2.45, 2.75) is 212 Å². The van der Waals surface area contributed by atoms with Gasteiger partial charge < -0.3 is 29.4 Å². The lowest BCUT2D eigenvalue weighted by Gasteiger charge is -2.26. The third kappa shape index (κ3) is 16.4. The van der Waals surface area contributed by atoms with Crippen LogP contribution in [0.2, 0.25) is 0 Å². The Balaban J connectivity index is 1.74. The first-order valence-corrected chi connectivity index (χ1v) is 18.4. The van der Waals surface area contributed by atoms with Crippen LogP contribution in [-0.4, -0.2) is 60.0 Å². The van der Waals surface area contributed by atoms with Gasteiger partial charge in [-0.3, -0.25) is 9.59 Å². The predicted molar refractivity (Wildman–Crippen MR) is 175 cm³/mol. The first-order valence-electron chi connectivity index (χ1n) is 18.4. The molecule has 0 bridgehead atoms. The van der Waals surface area contributed by atoms with Gasteiger partial charge in [0.05, 0.1) is 19.1 Å². The van der Waals surface area contributed by atoms with Gasteiger partial charge >= 0.3 is 5.97 Å². The number of amides is 1. The molecule has 2 saturated heterocycles. The average Bonchev–Trinajstić information content (AvgIpc) is 3.46. The highest BCUT2D eigenvalue weighted by atomic mass is 16.8. The summed E-state index contributed by atoms with van der Waals surface area (Å²) in [5.74, 6) is -1.25. The minimum Gasteiger partial charge on any atom is -0.462 e. The molecule has 2 N–H and O–H groups in total. The highest BCUT2D eigenvalue weighted by Gasteiger charge is 2.55.